The van der Waals surface area contributed by atoms with E-state index in [1.807, 2.05) is 0 Å². The standard InChI is InChI=1S/C14H24N2/c1-13(2)12-16-11-10-15-9-8-14-6-4-3-5-7-14/h3-7,13,15-16H,8-12H2,1-2H3. The fourth-order valence-corrected chi connectivity index (χ4v) is 1.57. The van der Waals surface area contributed by atoms with Gasteiger partial charge < -0.3 is 10.6 Å². The van der Waals surface area contributed by atoms with Crippen LogP contribution in [0.5, 0.6) is 0 Å². The highest BCUT2D eigenvalue weighted by atomic mass is 14.9. The average molecular weight is 220 g/mol. The number of nitrogens with one attached hydrogen (secondary N) is 2. The fourth-order valence-electron chi connectivity index (χ4n) is 1.57. The second-order valence-electron chi connectivity index (χ2n) is 4.58. The molecule has 2 nitrogen and oxygen atoms in total. The van der Waals surface area contributed by atoms with E-state index in [0.717, 1.165) is 38.5 Å². The molecule has 0 aromatic heterocycles. The van der Waals surface area contributed by atoms with Crippen LogP contribution in [0.25, 0.3) is 0 Å². The minimum absolute atomic E-state index is 0.740. The zero-order chi connectivity index (χ0) is 11.6. The first-order valence-corrected chi connectivity index (χ1v) is 6.24. The van der Waals surface area contributed by atoms with Crippen LogP contribution in [-0.4, -0.2) is 26.2 Å². The summed E-state index contributed by atoms with van der Waals surface area (Å²) in [6.07, 6.45) is 1.12. The van der Waals surface area contributed by atoms with Gasteiger partial charge in [-0.05, 0) is 31.0 Å². The fraction of sp³-hybridized carbons (Fsp3) is 0.571. The van der Waals surface area contributed by atoms with Gasteiger partial charge in [0.05, 0.1) is 0 Å². The SMILES string of the molecule is CC(C)CNCCNCCc1ccccc1. The van der Waals surface area contributed by atoms with E-state index in [9.17, 15) is 0 Å². The molecule has 16 heavy (non-hydrogen) atoms. The van der Waals surface area contributed by atoms with E-state index in [1.54, 1.807) is 0 Å². The topological polar surface area (TPSA) is 24.1 Å². The Kier molecular flexibility index (Phi) is 6.86. The predicted octanol–water partition coefficient (Wildman–Crippen LogP) is 2.06. The molecule has 2 heteroatoms. The third kappa shape index (κ3) is 6.59. The lowest BCUT2D eigenvalue weighted by Crippen LogP contribution is -2.30. The molecule has 0 spiro atoms. The van der Waals surface area contributed by atoms with Crippen molar-refractivity contribution in [1.29, 1.82) is 0 Å². The van der Waals surface area contributed by atoms with Crippen molar-refractivity contribution in [2.45, 2.75) is 20.3 Å². The van der Waals surface area contributed by atoms with Crippen LogP contribution in [-0.2, 0) is 6.42 Å². The lowest BCUT2D eigenvalue weighted by Gasteiger charge is -2.08. The number of rotatable bonds is 8. The highest BCUT2D eigenvalue weighted by molar-refractivity contribution is 5.14. The van der Waals surface area contributed by atoms with E-state index in [2.05, 4.69) is 54.8 Å². The molecule has 0 fully saturated rings. The summed E-state index contributed by atoms with van der Waals surface area (Å²) >= 11 is 0. The van der Waals surface area contributed by atoms with Gasteiger partial charge in [0.2, 0.25) is 0 Å². The van der Waals surface area contributed by atoms with Crippen LogP contribution >= 0.6 is 0 Å². The van der Waals surface area contributed by atoms with Crippen molar-refractivity contribution < 1.29 is 0 Å². The van der Waals surface area contributed by atoms with Gasteiger partial charge in [-0.15, -0.1) is 0 Å². The molecule has 0 saturated carbocycles. The summed E-state index contributed by atoms with van der Waals surface area (Å²) in [7, 11) is 0. The van der Waals surface area contributed by atoms with Crippen LogP contribution in [0.2, 0.25) is 0 Å². The van der Waals surface area contributed by atoms with Gasteiger partial charge in [0, 0.05) is 13.1 Å². The molecule has 2 N–H and O–H groups in total. The van der Waals surface area contributed by atoms with Gasteiger partial charge in [-0.3, -0.25) is 0 Å². The maximum absolute atomic E-state index is 3.45. The largest absolute Gasteiger partial charge is 0.315 e. The second-order valence-corrected chi connectivity index (χ2v) is 4.58. The molecule has 0 aliphatic heterocycles. The van der Waals surface area contributed by atoms with Crippen LogP contribution in [0.3, 0.4) is 0 Å². The van der Waals surface area contributed by atoms with E-state index in [4.69, 9.17) is 0 Å². The van der Waals surface area contributed by atoms with Crippen molar-refractivity contribution in [3.8, 4) is 0 Å². The van der Waals surface area contributed by atoms with Crippen LogP contribution in [0, 0.1) is 5.92 Å². The van der Waals surface area contributed by atoms with Crippen LogP contribution in [0.1, 0.15) is 19.4 Å². The molecule has 0 atom stereocenters. The summed E-state index contributed by atoms with van der Waals surface area (Å²) in [6, 6.07) is 10.6. The number of benzene rings is 1. The lowest BCUT2D eigenvalue weighted by molar-refractivity contribution is 0.536. The molecule has 90 valence electrons. The van der Waals surface area contributed by atoms with E-state index < -0.39 is 0 Å². The highest BCUT2D eigenvalue weighted by Crippen LogP contribution is 1.97. The first kappa shape index (κ1) is 13.2. The lowest BCUT2D eigenvalue weighted by atomic mass is 10.1. The third-order valence-electron chi connectivity index (χ3n) is 2.46. The van der Waals surface area contributed by atoms with E-state index in [1.165, 1.54) is 5.56 Å². The summed E-state index contributed by atoms with van der Waals surface area (Å²) in [4.78, 5) is 0. The molecule has 1 aromatic rings. The normalized spacial score (nSPS) is 10.9. The average Bonchev–Trinajstić information content (AvgIpc) is 2.29. The number of hydrogen-bond acceptors (Lipinski definition) is 2. The van der Waals surface area contributed by atoms with Crippen LogP contribution in [0.4, 0.5) is 0 Å². The molecule has 1 aromatic carbocycles. The van der Waals surface area contributed by atoms with Crippen molar-refractivity contribution in [2.24, 2.45) is 5.92 Å². The summed E-state index contributed by atoms with van der Waals surface area (Å²) < 4.78 is 0. The Morgan fingerprint density at radius 3 is 2.31 bits per heavy atom. The summed E-state index contributed by atoms with van der Waals surface area (Å²) in [6.45, 7) is 8.76. The first-order valence-electron chi connectivity index (χ1n) is 6.24. The Labute approximate surface area is 99.5 Å². The Morgan fingerprint density at radius 2 is 1.62 bits per heavy atom. The maximum atomic E-state index is 3.45. The van der Waals surface area contributed by atoms with Crippen molar-refractivity contribution in [3.05, 3.63) is 35.9 Å². The Hall–Kier alpha value is -0.860. The van der Waals surface area contributed by atoms with Crippen LogP contribution in [0.15, 0.2) is 30.3 Å². The first-order chi connectivity index (χ1) is 7.79. The number of hydrogen-bond donors (Lipinski definition) is 2. The van der Waals surface area contributed by atoms with E-state index >= 15 is 0 Å². The van der Waals surface area contributed by atoms with Crippen molar-refractivity contribution in [3.63, 3.8) is 0 Å². The molecule has 0 unspecified atom stereocenters. The molecular formula is C14H24N2. The Bertz CT molecular complexity index is 257. The third-order valence-corrected chi connectivity index (χ3v) is 2.46. The highest BCUT2D eigenvalue weighted by Gasteiger charge is 1.93. The van der Waals surface area contributed by atoms with Crippen molar-refractivity contribution in [2.75, 3.05) is 26.2 Å². The monoisotopic (exact) mass is 220 g/mol. The zero-order valence-electron chi connectivity index (χ0n) is 10.5. The van der Waals surface area contributed by atoms with E-state index in [-0.39, 0.29) is 0 Å². The zero-order valence-corrected chi connectivity index (χ0v) is 10.5. The Morgan fingerprint density at radius 1 is 0.938 bits per heavy atom. The Balaban J connectivity index is 1.93. The van der Waals surface area contributed by atoms with Gasteiger partial charge in [0.25, 0.3) is 0 Å². The molecule has 0 aliphatic rings. The van der Waals surface area contributed by atoms with Crippen molar-refractivity contribution >= 4 is 0 Å². The molecule has 0 bridgehead atoms. The molecule has 0 amide bonds. The maximum Gasteiger partial charge on any atom is 0.00768 e. The summed E-state index contributed by atoms with van der Waals surface area (Å²) in [5, 5.41) is 6.87. The molecule has 1 rings (SSSR count). The van der Waals surface area contributed by atoms with E-state index in [0.29, 0.717) is 0 Å². The predicted molar refractivity (Wildman–Crippen MR) is 70.7 cm³/mol. The summed E-state index contributed by atoms with van der Waals surface area (Å²) in [5.74, 6) is 0.740. The minimum Gasteiger partial charge on any atom is -0.315 e. The molecule has 0 heterocycles. The van der Waals surface area contributed by atoms with Gasteiger partial charge in [-0.25, -0.2) is 0 Å². The minimum atomic E-state index is 0.740. The quantitative estimate of drug-likeness (QED) is 0.655. The van der Waals surface area contributed by atoms with Gasteiger partial charge in [0.1, 0.15) is 0 Å². The smallest absolute Gasteiger partial charge is 0.00768 e. The van der Waals surface area contributed by atoms with Crippen LogP contribution < -0.4 is 10.6 Å². The molecule has 0 aliphatic carbocycles. The second kappa shape index (κ2) is 8.31. The molecule has 0 saturated heterocycles. The molecular weight excluding hydrogens is 196 g/mol. The summed E-state index contributed by atoms with van der Waals surface area (Å²) in [5.41, 5.74) is 1.41. The molecule has 0 radical (unpaired) electrons. The van der Waals surface area contributed by atoms with Crippen molar-refractivity contribution in [1.82, 2.24) is 10.6 Å². The van der Waals surface area contributed by atoms with Gasteiger partial charge in [-0.2, -0.15) is 0 Å². The van der Waals surface area contributed by atoms with Gasteiger partial charge in [0.15, 0.2) is 0 Å². The van der Waals surface area contributed by atoms with Gasteiger partial charge in [-0.1, -0.05) is 44.2 Å². The van der Waals surface area contributed by atoms with Gasteiger partial charge >= 0.3 is 0 Å².